The second-order valence-electron chi connectivity index (χ2n) is 5.72. The Morgan fingerprint density at radius 1 is 1.11 bits per heavy atom. The van der Waals surface area contributed by atoms with E-state index in [-0.39, 0.29) is 0 Å². The van der Waals surface area contributed by atoms with Crippen LogP contribution >= 0.6 is 0 Å². The van der Waals surface area contributed by atoms with Crippen LogP contribution in [0.4, 0.5) is 0 Å². The average molecular weight is 247 g/mol. The largest absolute Gasteiger partial charge is 0.314 e. The van der Waals surface area contributed by atoms with Gasteiger partial charge in [0, 0.05) is 6.04 Å². The minimum atomic E-state index is 0.668. The van der Waals surface area contributed by atoms with E-state index in [1.807, 2.05) is 0 Å². The lowest BCUT2D eigenvalue weighted by Gasteiger charge is -2.21. The molecule has 0 aromatic heterocycles. The summed E-state index contributed by atoms with van der Waals surface area (Å²) >= 11 is 0. The normalized spacial score (nSPS) is 13.0. The number of hydrogen-bond acceptors (Lipinski definition) is 1. The van der Waals surface area contributed by atoms with Crippen LogP contribution in [-0.4, -0.2) is 12.6 Å². The minimum absolute atomic E-state index is 0.668. The van der Waals surface area contributed by atoms with Crippen molar-refractivity contribution < 1.29 is 0 Å². The molecular formula is C17H29N. The van der Waals surface area contributed by atoms with Gasteiger partial charge in [-0.1, -0.05) is 39.0 Å². The van der Waals surface area contributed by atoms with Gasteiger partial charge in [-0.3, -0.25) is 0 Å². The van der Waals surface area contributed by atoms with Gasteiger partial charge in [0.25, 0.3) is 0 Å². The smallest absolute Gasteiger partial charge is 0.00900 e. The molecule has 0 aliphatic carbocycles. The molecule has 0 saturated carbocycles. The van der Waals surface area contributed by atoms with Gasteiger partial charge in [-0.15, -0.1) is 0 Å². The fraction of sp³-hybridized carbons (Fsp3) is 0.647. The lowest BCUT2D eigenvalue weighted by molar-refractivity contribution is 0.377. The molecule has 0 aliphatic rings. The Balaban J connectivity index is 2.42. The van der Waals surface area contributed by atoms with Crippen molar-refractivity contribution in [3.63, 3.8) is 0 Å². The Morgan fingerprint density at radius 2 is 1.83 bits per heavy atom. The second-order valence-corrected chi connectivity index (χ2v) is 5.72. The predicted octanol–water partition coefficient (Wildman–Crippen LogP) is 4.26. The Labute approximate surface area is 113 Å². The Hall–Kier alpha value is -0.820. The van der Waals surface area contributed by atoms with Gasteiger partial charge < -0.3 is 5.32 Å². The van der Waals surface area contributed by atoms with E-state index in [0.29, 0.717) is 6.04 Å². The Bertz CT molecular complexity index is 355. The monoisotopic (exact) mass is 247 g/mol. The highest BCUT2D eigenvalue weighted by molar-refractivity contribution is 5.29. The second kappa shape index (κ2) is 7.58. The van der Waals surface area contributed by atoms with Gasteiger partial charge in [-0.05, 0) is 62.3 Å². The molecule has 1 aromatic carbocycles. The van der Waals surface area contributed by atoms with Crippen LogP contribution in [0.5, 0.6) is 0 Å². The number of rotatable bonds is 7. The molecule has 0 amide bonds. The minimum Gasteiger partial charge on any atom is -0.314 e. The van der Waals surface area contributed by atoms with Crippen LogP contribution in [0.3, 0.4) is 0 Å². The molecule has 1 N–H and O–H groups in total. The topological polar surface area (TPSA) is 12.0 Å². The molecule has 1 unspecified atom stereocenters. The van der Waals surface area contributed by atoms with E-state index in [1.54, 1.807) is 0 Å². The third-order valence-electron chi connectivity index (χ3n) is 3.82. The van der Waals surface area contributed by atoms with Crippen molar-refractivity contribution in [1.82, 2.24) is 5.32 Å². The highest BCUT2D eigenvalue weighted by Gasteiger charge is 2.11. The molecule has 1 aromatic rings. The molecule has 0 saturated heterocycles. The summed E-state index contributed by atoms with van der Waals surface area (Å²) in [6.07, 6.45) is 3.76. The summed E-state index contributed by atoms with van der Waals surface area (Å²) in [6, 6.07) is 7.53. The summed E-state index contributed by atoms with van der Waals surface area (Å²) in [5.41, 5.74) is 4.29. The van der Waals surface area contributed by atoms with Crippen LogP contribution < -0.4 is 5.32 Å². The summed E-state index contributed by atoms with van der Waals surface area (Å²) in [5.74, 6) is 0.727. The molecule has 0 aliphatic heterocycles. The Morgan fingerprint density at radius 3 is 2.39 bits per heavy atom. The van der Waals surface area contributed by atoms with Gasteiger partial charge >= 0.3 is 0 Å². The van der Waals surface area contributed by atoms with Gasteiger partial charge in [0.15, 0.2) is 0 Å². The quantitative estimate of drug-likeness (QED) is 0.759. The molecule has 1 heteroatoms. The van der Waals surface area contributed by atoms with Crippen molar-refractivity contribution in [3.05, 3.63) is 34.9 Å². The zero-order valence-corrected chi connectivity index (χ0v) is 12.7. The van der Waals surface area contributed by atoms with Crippen molar-refractivity contribution >= 4 is 0 Å². The van der Waals surface area contributed by atoms with Crippen molar-refractivity contribution in [2.45, 2.75) is 59.9 Å². The maximum absolute atomic E-state index is 3.59. The van der Waals surface area contributed by atoms with Crippen LogP contribution in [0, 0.1) is 19.8 Å². The summed E-state index contributed by atoms with van der Waals surface area (Å²) in [4.78, 5) is 0. The third kappa shape index (κ3) is 4.81. The summed E-state index contributed by atoms with van der Waals surface area (Å²) in [5, 5.41) is 3.59. The van der Waals surface area contributed by atoms with Gasteiger partial charge in [0.05, 0.1) is 0 Å². The number of hydrogen-bond donors (Lipinski definition) is 1. The first-order valence-electron chi connectivity index (χ1n) is 7.34. The zero-order valence-electron chi connectivity index (χ0n) is 12.7. The number of aryl methyl sites for hydroxylation is 3. The molecule has 0 bridgehead atoms. The highest BCUT2D eigenvalue weighted by Crippen LogP contribution is 2.15. The SMILES string of the molecule is CCNC(CCCc1ccc(C)c(C)c1)C(C)C. The van der Waals surface area contributed by atoms with E-state index in [0.717, 1.165) is 12.5 Å². The van der Waals surface area contributed by atoms with E-state index in [4.69, 9.17) is 0 Å². The van der Waals surface area contributed by atoms with E-state index in [1.165, 1.54) is 36.0 Å². The molecule has 102 valence electrons. The number of benzene rings is 1. The van der Waals surface area contributed by atoms with Gasteiger partial charge in [0.2, 0.25) is 0 Å². The van der Waals surface area contributed by atoms with Crippen LogP contribution in [0.25, 0.3) is 0 Å². The van der Waals surface area contributed by atoms with Crippen molar-refractivity contribution in [1.29, 1.82) is 0 Å². The van der Waals surface area contributed by atoms with Gasteiger partial charge in [-0.25, -0.2) is 0 Å². The van der Waals surface area contributed by atoms with Crippen LogP contribution in [0.1, 0.15) is 50.3 Å². The van der Waals surface area contributed by atoms with Crippen molar-refractivity contribution in [2.24, 2.45) is 5.92 Å². The van der Waals surface area contributed by atoms with E-state index < -0.39 is 0 Å². The Kier molecular flexibility index (Phi) is 6.42. The lowest BCUT2D eigenvalue weighted by atomic mass is 9.96. The summed E-state index contributed by atoms with van der Waals surface area (Å²) < 4.78 is 0. The standard InChI is InChI=1S/C17H29N/c1-6-18-17(13(2)3)9-7-8-16-11-10-14(4)15(5)12-16/h10-13,17-18H,6-9H2,1-5H3. The van der Waals surface area contributed by atoms with Gasteiger partial charge in [0.1, 0.15) is 0 Å². The molecule has 1 nitrogen and oxygen atoms in total. The number of nitrogens with one attached hydrogen (secondary N) is 1. The molecule has 0 spiro atoms. The average Bonchev–Trinajstić information content (AvgIpc) is 2.32. The van der Waals surface area contributed by atoms with E-state index >= 15 is 0 Å². The maximum atomic E-state index is 3.59. The molecule has 18 heavy (non-hydrogen) atoms. The van der Waals surface area contributed by atoms with E-state index in [9.17, 15) is 0 Å². The highest BCUT2D eigenvalue weighted by atomic mass is 14.9. The first-order valence-corrected chi connectivity index (χ1v) is 7.34. The molecule has 0 heterocycles. The maximum Gasteiger partial charge on any atom is 0.00900 e. The van der Waals surface area contributed by atoms with Crippen molar-refractivity contribution in [3.8, 4) is 0 Å². The predicted molar refractivity (Wildman–Crippen MR) is 81.2 cm³/mol. The fourth-order valence-corrected chi connectivity index (χ4v) is 2.42. The summed E-state index contributed by atoms with van der Waals surface area (Å²) in [6.45, 7) is 12.3. The zero-order chi connectivity index (χ0) is 13.5. The van der Waals surface area contributed by atoms with Crippen molar-refractivity contribution in [2.75, 3.05) is 6.54 Å². The first kappa shape index (κ1) is 15.2. The van der Waals surface area contributed by atoms with Crippen LogP contribution in [-0.2, 0) is 6.42 Å². The third-order valence-corrected chi connectivity index (χ3v) is 3.82. The molecule has 1 rings (SSSR count). The molecule has 0 fully saturated rings. The lowest BCUT2D eigenvalue weighted by Crippen LogP contribution is -2.33. The van der Waals surface area contributed by atoms with Crippen LogP contribution in [0.15, 0.2) is 18.2 Å². The molecule has 0 radical (unpaired) electrons. The first-order chi connectivity index (χ1) is 8.54. The van der Waals surface area contributed by atoms with Gasteiger partial charge in [-0.2, -0.15) is 0 Å². The molecular weight excluding hydrogens is 218 g/mol. The fourth-order valence-electron chi connectivity index (χ4n) is 2.42. The molecule has 1 atom stereocenters. The van der Waals surface area contributed by atoms with E-state index in [2.05, 4.69) is 58.1 Å². The summed E-state index contributed by atoms with van der Waals surface area (Å²) in [7, 11) is 0. The van der Waals surface area contributed by atoms with Crippen LogP contribution in [0.2, 0.25) is 0 Å².